The van der Waals surface area contributed by atoms with Crippen LogP contribution in [0.15, 0.2) is 79.0 Å². The van der Waals surface area contributed by atoms with E-state index in [0.29, 0.717) is 36.2 Å². The number of nitrogens with zero attached hydrogens (tertiary/aromatic N) is 2. The molecule has 2 heterocycles. The Balaban J connectivity index is 1.35. The van der Waals surface area contributed by atoms with E-state index in [0.717, 1.165) is 28.5 Å². The number of carbonyl (C=O) groups excluding carboxylic acids is 3. The van der Waals surface area contributed by atoms with E-state index < -0.39 is 0 Å². The fourth-order valence-corrected chi connectivity index (χ4v) is 4.56. The lowest BCUT2D eigenvalue weighted by atomic mass is 10.0. The van der Waals surface area contributed by atoms with E-state index in [1.54, 1.807) is 30.3 Å². The minimum atomic E-state index is -0.374. The highest BCUT2D eigenvalue weighted by Gasteiger charge is 2.34. The molecule has 1 aliphatic heterocycles. The van der Waals surface area contributed by atoms with Crippen molar-refractivity contribution in [1.82, 2.24) is 9.47 Å². The Morgan fingerprint density at radius 3 is 2.12 bits per heavy atom. The molecule has 0 bridgehead atoms. The molecule has 1 aromatic heterocycles. The van der Waals surface area contributed by atoms with Gasteiger partial charge in [0.05, 0.1) is 23.8 Å². The Hall–Kier alpha value is -4.19. The van der Waals surface area contributed by atoms with Gasteiger partial charge in [-0.25, -0.2) is 4.79 Å². The number of carbonyl (C=O) groups is 3. The van der Waals surface area contributed by atoms with Gasteiger partial charge < -0.3 is 9.30 Å². The van der Waals surface area contributed by atoms with Crippen molar-refractivity contribution in [3.8, 4) is 11.1 Å². The lowest BCUT2D eigenvalue weighted by molar-refractivity contribution is 0.0598. The van der Waals surface area contributed by atoms with Gasteiger partial charge in [-0.15, -0.1) is 0 Å². The van der Waals surface area contributed by atoms with Crippen molar-refractivity contribution in [2.45, 2.75) is 19.4 Å². The maximum atomic E-state index is 12.6. The van der Waals surface area contributed by atoms with Crippen molar-refractivity contribution in [1.29, 1.82) is 0 Å². The van der Waals surface area contributed by atoms with Crippen LogP contribution >= 0.6 is 0 Å². The Labute approximate surface area is 197 Å². The maximum absolute atomic E-state index is 12.6. The maximum Gasteiger partial charge on any atom is 0.337 e. The van der Waals surface area contributed by atoms with Crippen LogP contribution in [0.4, 0.5) is 0 Å². The van der Waals surface area contributed by atoms with Crippen molar-refractivity contribution >= 4 is 28.7 Å². The number of imide groups is 1. The van der Waals surface area contributed by atoms with Crippen LogP contribution in [0.25, 0.3) is 22.0 Å². The monoisotopic (exact) mass is 452 g/mol. The third kappa shape index (κ3) is 3.77. The van der Waals surface area contributed by atoms with Crippen LogP contribution in [0, 0.1) is 0 Å². The summed E-state index contributed by atoms with van der Waals surface area (Å²) in [6, 6.07) is 22.7. The number of rotatable bonds is 7. The number of fused-ring (bicyclic) bond motifs is 2. The van der Waals surface area contributed by atoms with Crippen LogP contribution in [-0.2, 0) is 11.3 Å². The third-order valence-corrected chi connectivity index (χ3v) is 6.30. The van der Waals surface area contributed by atoms with Crippen LogP contribution in [-0.4, -0.2) is 40.9 Å². The van der Waals surface area contributed by atoms with Gasteiger partial charge in [-0.1, -0.05) is 48.5 Å². The fourth-order valence-electron chi connectivity index (χ4n) is 4.56. The standard InChI is InChI=1S/C28H24N2O4/c1-34-28(33)20-13-14-21-24(19-9-3-2-4-10-19)18-29(25(21)17-20)15-7-8-16-30-26(31)22-11-5-6-12-23(22)27(30)32/h2-6,9-14,17-18H,7-8,15-16H2,1H3. The molecule has 0 saturated carbocycles. The fraction of sp³-hybridized carbons (Fsp3) is 0.179. The summed E-state index contributed by atoms with van der Waals surface area (Å²) in [6.07, 6.45) is 3.56. The Kier molecular flexibility index (Phi) is 5.72. The second kappa shape index (κ2) is 8.98. The molecule has 0 spiro atoms. The number of ether oxygens (including phenoxy) is 1. The summed E-state index contributed by atoms with van der Waals surface area (Å²) in [5.74, 6) is -0.816. The molecule has 170 valence electrons. The SMILES string of the molecule is COC(=O)c1ccc2c(-c3ccccc3)cn(CCCCN3C(=O)c4ccccc4C3=O)c2c1. The topological polar surface area (TPSA) is 68.6 Å². The highest BCUT2D eigenvalue weighted by molar-refractivity contribution is 6.21. The average molecular weight is 453 g/mol. The molecule has 0 aliphatic carbocycles. The van der Waals surface area contributed by atoms with E-state index in [2.05, 4.69) is 22.9 Å². The zero-order valence-corrected chi connectivity index (χ0v) is 18.9. The summed E-state index contributed by atoms with van der Waals surface area (Å²) in [4.78, 5) is 38.6. The molecule has 0 saturated heterocycles. The van der Waals surface area contributed by atoms with Gasteiger partial charge in [0.1, 0.15) is 0 Å². The number of hydrogen-bond acceptors (Lipinski definition) is 4. The van der Waals surface area contributed by atoms with Crippen LogP contribution in [0.3, 0.4) is 0 Å². The minimum Gasteiger partial charge on any atom is -0.465 e. The summed E-state index contributed by atoms with van der Waals surface area (Å²) >= 11 is 0. The molecule has 0 radical (unpaired) electrons. The summed E-state index contributed by atoms with van der Waals surface area (Å²) in [5, 5.41) is 1.05. The van der Waals surface area contributed by atoms with Gasteiger partial charge in [0, 0.05) is 35.8 Å². The van der Waals surface area contributed by atoms with Gasteiger partial charge >= 0.3 is 5.97 Å². The van der Waals surface area contributed by atoms with Gasteiger partial charge in [-0.2, -0.15) is 0 Å². The molecule has 5 rings (SSSR count). The largest absolute Gasteiger partial charge is 0.465 e. The van der Waals surface area contributed by atoms with Crippen LogP contribution in [0.2, 0.25) is 0 Å². The second-order valence-electron chi connectivity index (χ2n) is 8.34. The van der Waals surface area contributed by atoms with E-state index >= 15 is 0 Å². The van der Waals surface area contributed by atoms with Crippen molar-refractivity contribution in [3.63, 3.8) is 0 Å². The first-order chi connectivity index (χ1) is 16.6. The van der Waals surface area contributed by atoms with Crippen LogP contribution in [0.5, 0.6) is 0 Å². The molecular formula is C28H24N2O4. The zero-order chi connectivity index (χ0) is 23.7. The molecule has 34 heavy (non-hydrogen) atoms. The molecule has 0 fully saturated rings. The van der Waals surface area contributed by atoms with Crippen LogP contribution < -0.4 is 0 Å². The summed E-state index contributed by atoms with van der Waals surface area (Å²) in [5.41, 5.74) is 4.59. The second-order valence-corrected chi connectivity index (χ2v) is 8.34. The normalized spacial score (nSPS) is 12.9. The van der Waals surface area contributed by atoms with Crippen LogP contribution in [0.1, 0.15) is 43.9 Å². The molecular weight excluding hydrogens is 428 g/mol. The number of benzene rings is 3. The molecule has 1 aliphatic rings. The van der Waals surface area contributed by atoms with Gasteiger partial charge in [-0.3, -0.25) is 14.5 Å². The minimum absolute atomic E-state index is 0.221. The first-order valence-corrected chi connectivity index (χ1v) is 11.3. The quantitative estimate of drug-likeness (QED) is 0.220. The number of aryl methyl sites for hydroxylation is 1. The lowest BCUT2D eigenvalue weighted by Crippen LogP contribution is -2.30. The molecule has 0 unspecified atom stereocenters. The van der Waals surface area contributed by atoms with E-state index in [4.69, 9.17) is 4.74 Å². The smallest absolute Gasteiger partial charge is 0.337 e. The Morgan fingerprint density at radius 1 is 0.794 bits per heavy atom. The summed E-state index contributed by atoms with van der Waals surface area (Å²) < 4.78 is 7.03. The van der Waals surface area contributed by atoms with Crippen molar-refractivity contribution < 1.29 is 19.1 Å². The number of hydrogen-bond donors (Lipinski definition) is 0. The number of esters is 1. The highest BCUT2D eigenvalue weighted by atomic mass is 16.5. The Morgan fingerprint density at radius 2 is 1.44 bits per heavy atom. The first-order valence-electron chi connectivity index (χ1n) is 11.3. The molecule has 0 atom stereocenters. The first kappa shape index (κ1) is 21.6. The predicted octanol–water partition coefficient (Wildman–Crippen LogP) is 5.17. The average Bonchev–Trinajstić information content (AvgIpc) is 3.36. The lowest BCUT2D eigenvalue weighted by Gasteiger charge is -2.14. The summed E-state index contributed by atoms with van der Waals surface area (Å²) in [6.45, 7) is 1.07. The zero-order valence-electron chi connectivity index (χ0n) is 18.9. The van der Waals surface area contributed by atoms with E-state index in [9.17, 15) is 14.4 Å². The Bertz CT molecular complexity index is 1370. The number of aromatic nitrogens is 1. The molecule has 3 aromatic carbocycles. The molecule has 4 aromatic rings. The van der Waals surface area contributed by atoms with Crippen molar-refractivity contribution in [3.05, 3.63) is 95.7 Å². The van der Waals surface area contributed by atoms with E-state index in [-0.39, 0.29) is 17.8 Å². The van der Waals surface area contributed by atoms with Gasteiger partial charge in [0.25, 0.3) is 11.8 Å². The third-order valence-electron chi connectivity index (χ3n) is 6.30. The van der Waals surface area contributed by atoms with Gasteiger partial charge in [-0.05, 0) is 42.7 Å². The molecule has 6 nitrogen and oxygen atoms in total. The predicted molar refractivity (Wildman–Crippen MR) is 130 cm³/mol. The number of methoxy groups -OCH3 is 1. The highest BCUT2D eigenvalue weighted by Crippen LogP contribution is 2.32. The molecule has 0 N–H and O–H groups in total. The molecule has 2 amide bonds. The van der Waals surface area contributed by atoms with E-state index in [1.165, 1.54) is 12.0 Å². The number of unbranched alkanes of at least 4 members (excludes halogenated alkanes) is 1. The van der Waals surface area contributed by atoms with Gasteiger partial charge in [0.15, 0.2) is 0 Å². The molecule has 6 heteroatoms. The number of amides is 2. The van der Waals surface area contributed by atoms with Crippen molar-refractivity contribution in [2.75, 3.05) is 13.7 Å². The van der Waals surface area contributed by atoms with E-state index in [1.807, 2.05) is 30.3 Å². The van der Waals surface area contributed by atoms with Crippen molar-refractivity contribution in [2.24, 2.45) is 0 Å². The van der Waals surface area contributed by atoms with Gasteiger partial charge in [0.2, 0.25) is 0 Å². The summed E-state index contributed by atoms with van der Waals surface area (Å²) in [7, 11) is 1.38.